The summed E-state index contributed by atoms with van der Waals surface area (Å²) in [5.41, 5.74) is 0. The van der Waals surface area contributed by atoms with Crippen LogP contribution in [0.1, 0.15) is 0 Å². The van der Waals surface area contributed by atoms with Crippen molar-refractivity contribution in [3.63, 3.8) is 0 Å². The molecule has 7 nitrogen and oxygen atoms in total. The highest BCUT2D eigenvalue weighted by Crippen LogP contribution is 1.81. The molecule has 0 radical (unpaired) electrons. The van der Waals surface area contributed by atoms with Crippen molar-refractivity contribution in [2.24, 2.45) is 0 Å². The fourth-order valence-electron chi connectivity index (χ4n) is 0.496. The number of aliphatic hydroxyl groups excluding tert-OH is 2. The monoisotopic (exact) mass is 250 g/mol. The summed E-state index contributed by atoms with van der Waals surface area (Å²) in [6.45, 7) is 7.67. The first-order valence-electron chi connectivity index (χ1n) is 4.97. The van der Waals surface area contributed by atoms with Gasteiger partial charge < -0.3 is 14.9 Å². The molecular weight excluding hydrogens is 230 g/mol. The van der Waals surface area contributed by atoms with Crippen molar-refractivity contribution < 1.29 is 29.7 Å². The van der Waals surface area contributed by atoms with Crippen LogP contribution in [0.5, 0.6) is 0 Å². The van der Waals surface area contributed by atoms with Crippen molar-refractivity contribution in [2.45, 2.75) is 0 Å². The highest BCUT2D eigenvalue weighted by Gasteiger charge is 2.07. The molecule has 0 aliphatic heterocycles. The molecule has 0 saturated heterocycles. The molecule has 0 bridgehead atoms. The molecule has 0 rings (SSSR count). The zero-order valence-electron chi connectivity index (χ0n) is 9.79. The van der Waals surface area contributed by atoms with Crippen LogP contribution in [-0.4, -0.2) is 54.9 Å². The maximum absolute atomic E-state index is 10.3. The van der Waals surface area contributed by atoms with Crippen LogP contribution in [0.15, 0.2) is 25.3 Å². The van der Waals surface area contributed by atoms with Crippen LogP contribution in [0.3, 0.4) is 0 Å². The molecule has 0 aromatic heterocycles. The third kappa shape index (κ3) is 20.6. The number of aliphatic hydroxyl groups is 2. The Morgan fingerprint density at radius 2 is 1.41 bits per heavy atom. The second-order valence-electron chi connectivity index (χ2n) is 2.45. The van der Waals surface area contributed by atoms with Crippen LogP contribution in [0.25, 0.3) is 0 Å². The van der Waals surface area contributed by atoms with Gasteiger partial charge >= 0.3 is 5.09 Å². The summed E-state index contributed by atoms with van der Waals surface area (Å²) >= 11 is 0. The van der Waals surface area contributed by atoms with E-state index in [2.05, 4.69) is 27.6 Å². The number of nitrogens with zero attached hydrogens (tertiary/aromatic N) is 1. The first-order valence-corrected chi connectivity index (χ1v) is 4.97. The van der Waals surface area contributed by atoms with Crippen molar-refractivity contribution in [1.29, 1.82) is 0 Å². The average Bonchev–Trinajstić information content (AvgIpc) is 2.35. The van der Waals surface area contributed by atoms with Gasteiger partial charge in [-0.3, -0.25) is 0 Å². The summed E-state index contributed by atoms with van der Waals surface area (Å²) in [5, 5.41) is 16.2. The highest BCUT2D eigenvalue weighted by molar-refractivity contribution is 4.62. The number of hydrogen-bond acceptors (Lipinski definition) is 6. The van der Waals surface area contributed by atoms with Crippen molar-refractivity contribution >= 4 is 0 Å². The topological polar surface area (TPSA) is 88.2 Å². The van der Waals surface area contributed by atoms with E-state index in [9.17, 15) is 4.91 Å². The molecule has 2 N–H and O–H groups in total. The molecule has 0 aromatic carbocycles. The first kappa shape index (κ1) is 17.9. The molecule has 0 unspecified atom stereocenters. The fraction of sp³-hybridized carbons (Fsp3) is 0.600. The summed E-state index contributed by atoms with van der Waals surface area (Å²) in [6, 6.07) is 0. The molecule has 0 fully saturated rings. The molecule has 0 spiro atoms. The predicted octanol–water partition coefficient (Wildman–Crippen LogP) is -0.0119. The Morgan fingerprint density at radius 1 is 1.00 bits per heavy atom. The van der Waals surface area contributed by atoms with E-state index in [0.717, 1.165) is 0 Å². The highest BCUT2D eigenvalue weighted by atomic mass is 17.0. The molecule has 0 amide bonds. The third-order valence-electron chi connectivity index (χ3n) is 1.07. The molecule has 100 valence electrons. The molecule has 17 heavy (non-hydrogen) atoms. The summed E-state index contributed by atoms with van der Waals surface area (Å²) < 4.78 is 4.63. The van der Waals surface area contributed by atoms with Crippen molar-refractivity contribution in [3.8, 4) is 0 Å². The lowest BCUT2D eigenvalue weighted by Gasteiger charge is -1.94. The van der Waals surface area contributed by atoms with Crippen LogP contribution in [-0.2, 0) is 14.4 Å². The lowest BCUT2D eigenvalue weighted by molar-refractivity contribution is -0.978. The molecule has 0 aromatic rings. The van der Waals surface area contributed by atoms with Crippen molar-refractivity contribution in [3.05, 3.63) is 30.2 Å². The van der Waals surface area contributed by atoms with Gasteiger partial charge in [0.2, 0.25) is 0 Å². The molecular formula is C10H20NO6+. The van der Waals surface area contributed by atoms with Gasteiger partial charge in [0, 0.05) is 0 Å². The van der Waals surface area contributed by atoms with Crippen LogP contribution < -0.4 is 0 Å². The number of hydrogen-bond donors (Lipinski definition) is 2. The van der Waals surface area contributed by atoms with Crippen LogP contribution >= 0.6 is 0 Å². The van der Waals surface area contributed by atoms with Gasteiger partial charge in [-0.15, -0.1) is 0 Å². The fourth-order valence-corrected chi connectivity index (χ4v) is 0.496. The van der Waals surface area contributed by atoms with E-state index in [1.165, 1.54) is 12.2 Å². The van der Waals surface area contributed by atoms with Gasteiger partial charge in [0.05, 0.1) is 26.4 Å². The van der Waals surface area contributed by atoms with E-state index >= 15 is 0 Å². The summed E-state index contributed by atoms with van der Waals surface area (Å²) in [7, 11) is 0. The quantitative estimate of drug-likeness (QED) is 0.322. The summed E-state index contributed by atoms with van der Waals surface area (Å²) in [4.78, 5) is 19.1. The Bertz CT molecular complexity index is 179. The Hall–Kier alpha value is -1.44. The van der Waals surface area contributed by atoms with Gasteiger partial charge in [0.15, 0.2) is 13.2 Å². The van der Waals surface area contributed by atoms with Gasteiger partial charge in [-0.05, 0) is 12.2 Å². The van der Waals surface area contributed by atoms with Gasteiger partial charge in [-0.2, -0.15) is 9.68 Å². The van der Waals surface area contributed by atoms with Crippen molar-refractivity contribution in [1.82, 2.24) is 0 Å². The van der Waals surface area contributed by atoms with Gasteiger partial charge in [-0.25, -0.2) is 0 Å². The van der Waals surface area contributed by atoms with E-state index in [0.29, 0.717) is 13.2 Å². The van der Waals surface area contributed by atoms with Gasteiger partial charge in [0.1, 0.15) is 4.91 Å². The lowest BCUT2D eigenvalue weighted by atomic mass is 10.7. The van der Waals surface area contributed by atoms with E-state index < -0.39 is 0 Å². The van der Waals surface area contributed by atoms with Crippen molar-refractivity contribution in [2.75, 3.05) is 39.6 Å². The molecule has 0 saturated carbocycles. The Morgan fingerprint density at radius 3 is 1.71 bits per heavy atom. The minimum atomic E-state index is 0.0278. The average molecular weight is 250 g/mol. The molecule has 0 atom stereocenters. The summed E-state index contributed by atoms with van der Waals surface area (Å²) in [5.74, 6) is 0. The predicted molar refractivity (Wildman–Crippen MR) is 60.9 cm³/mol. The minimum Gasteiger partial charge on any atom is -0.394 e. The number of ether oxygens (including phenoxy) is 1. The maximum atomic E-state index is 10.3. The van der Waals surface area contributed by atoms with Crippen LogP contribution in [0.2, 0.25) is 0 Å². The first-order chi connectivity index (χ1) is 8.22. The van der Waals surface area contributed by atoms with Gasteiger partial charge in [-0.1, -0.05) is 13.2 Å². The maximum Gasteiger partial charge on any atom is 0.478 e. The third-order valence-corrected chi connectivity index (χ3v) is 1.07. The minimum absolute atomic E-state index is 0.0278. The second kappa shape index (κ2) is 17.0. The van der Waals surface area contributed by atoms with Gasteiger partial charge in [0.25, 0.3) is 0 Å². The standard InChI is InChI=1S/C6H10NO3.C4H10O3/c1-3-5-9-7(8)10-6-4-2;5-1-3-7-4-2-6/h3-4H,1-2,5-6H2;5-6H,1-4H2/q+1;. The van der Waals surface area contributed by atoms with E-state index in [1.807, 2.05) is 0 Å². The Kier molecular flexibility index (Phi) is 17.9. The molecule has 0 aliphatic rings. The zero-order valence-corrected chi connectivity index (χ0v) is 9.79. The van der Waals surface area contributed by atoms with E-state index in [1.54, 1.807) is 0 Å². The van der Waals surface area contributed by atoms with E-state index in [-0.39, 0.29) is 31.5 Å². The van der Waals surface area contributed by atoms with E-state index in [4.69, 9.17) is 10.2 Å². The molecule has 7 heteroatoms. The zero-order chi connectivity index (χ0) is 13.4. The molecule has 0 aliphatic carbocycles. The lowest BCUT2D eigenvalue weighted by Crippen LogP contribution is -2.10. The van der Waals surface area contributed by atoms with Crippen LogP contribution in [0, 0.1) is 4.91 Å². The summed E-state index contributed by atoms with van der Waals surface area (Å²) in [6.07, 6.45) is 2.89. The Balaban J connectivity index is 0. The smallest absolute Gasteiger partial charge is 0.394 e. The number of rotatable bonds is 10. The molecule has 0 heterocycles. The SMILES string of the molecule is C=CCO[N+](=O)OCC=C.OCCOCCO. The largest absolute Gasteiger partial charge is 0.478 e. The van der Waals surface area contributed by atoms with Crippen LogP contribution in [0.4, 0.5) is 0 Å². The second-order valence-corrected chi connectivity index (χ2v) is 2.45. The Labute approximate surface area is 100 Å². The normalized spacial score (nSPS) is 8.59.